The number of nitrogens with two attached hydrogens (primary N) is 2. The molecule has 2 atom stereocenters. The first-order chi connectivity index (χ1) is 20.7. The van der Waals surface area contributed by atoms with Gasteiger partial charge in [-0.2, -0.15) is 18.2 Å². The quantitative estimate of drug-likeness (QED) is 0.269. The van der Waals surface area contributed by atoms with Crippen molar-refractivity contribution in [2.75, 3.05) is 11.4 Å². The summed E-state index contributed by atoms with van der Waals surface area (Å²) in [6.45, 7) is 6.22. The SMILES string of the molecule is Cc1nc(CC(N)=O)nc(C)c1-c1ccc(Cl)c(N2CCC(C(=O)N=C(N)c3ccc(C(F)(F)F)nc3C3CC3)CC2C)c1. The van der Waals surface area contributed by atoms with Crippen molar-refractivity contribution in [1.82, 2.24) is 15.0 Å². The van der Waals surface area contributed by atoms with Crippen molar-refractivity contribution >= 4 is 34.9 Å². The van der Waals surface area contributed by atoms with Gasteiger partial charge >= 0.3 is 6.18 Å². The lowest BCUT2D eigenvalue weighted by molar-refractivity contribution is -0.141. The summed E-state index contributed by atoms with van der Waals surface area (Å²) in [6, 6.07) is 7.73. The number of carbonyl (C=O) groups excluding carboxylic acids is 2. The van der Waals surface area contributed by atoms with Gasteiger partial charge in [-0.25, -0.2) is 15.0 Å². The number of amidine groups is 1. The Hall–Kier alpha value is -4.06. The summed E-state index contributed by atoms with van der Waals surface area (Å²) in [4.78, 5) is 43.6. The smallest absolute Gasteiger partial charge is 0.383 e. The number of amides is 2. The molecule has 3 aromatic rings. The second-order valence-corrected chi connectivity index (χ2v) is 11.9. The maximum absolute atomic E-state index is 13.2. The Bertz CT molecular complexity index is 1630. The van der Waals surface area contributed by atoms with Gasteiger partial charge in [-0.3, -0.25) is 9.59 Å². The van der Waals surface area contributed by atoms with Gasteiger partial charge in [0.05, 0.1) is 22.8 Å². The highest BCUT2D eigenvalue weighted by Crippen LogP contribution is 2.42. The van der Waals surface area contributed by atoms with Crippen LogP contribution in [0.25, 0.3) is 11.1 Å². The first kappa shape index (κ1) is 31.4. The van der Waals surface area contributed by atoms with Crippen molar-refractivity contribution in [2.24, 2.45) is 22.4 Å². The number of aliphatic imine (C=N–C) groups is 1. The van der Waals surface area contributed by atoms with Crippen molar-refractivity contribution in [1.29, 1.82) is 0 Å². The van der Waals surface area contributed by atoms with Crippen LogP contribution in [0.1, 0.15) is 72.7 Å². The van der Waals surface area contributed by atoms with E-state index in [0.29, 0.717) is 41.6 Å². The van der Waals surface area contributed by atoms with E-state index >= 15 is 0 Å². The molecule has 2 fully saturated rings. The first-order valence-corrected chi connectivity index (χ1v) is 14.8. The van der Waals surface area contributed by atoms with Crippen molar-refractivity contribution < 1.29 is 22.8 Å². The number of carbonyl (C=O) groups is 2. The predicted molar refractivity (Wildman–Crippen MR) is 161 cm³/mol. The van der Waals surface area contributed by atoms with Crippen molar-refractivity contribution in [2.45, 2.75) is 71.0 Å². The highest BCUT2D eigenvalue weighted by atomic mass is 35.5. The summed E-state index contributed by atoms with van der Waals surface area (Å²) in [5, 5.41) is 0.552. The summed E-state index contributed by atoms with van der Waals surface area (Å²) in [5.74, 6) is -1.19. The standard InChI is InChI=1S/C31H33ClF3N7O2/c1-15-12-20(30(44)41-29(37)21-7-9-24(31(33,34)35)40-28(21)18-4-5-18)10-11-42(15)23-13-19(6-8-22(23)32)27-16(2)38-26(14-25(36)43)39-17(27)3/h6-9,13,15,18,20H,4-5,10-12,14H2,1-3H3,(H2,36,43)(H2,37,41,44). The Labute approximate surface area is 257 Å². The Morgan fingerprint density at radius 2 is 1.73 bits per heavy atom. The molecule has 3 heterocycles. The van der Waals surface area contributed by atoms with E-state index in [9.17, 15) is 22.8 Å². The third-order valence-corrected chi connectivity index (χ3v) is 8.42. The molecule has 2 amide bonds. The average Bonchev–Trinajstić information content (AvgIpc) is 3.78. The zero-order valence-electron chi connectivity index (χ0n) is 24.6. The van der Waals surface area contributed by atoms with Gasteiger partial charge in [0.25, 0.3) is 5.91 Å². The summed E-state index contributed by atoms with van der Waals surface area (Å²) >= 11 is 6.66. The number of primary amides is 1. The van der Waals surface area contributed by atoms with Gasteiger partial charge in [-0.1, -0.05) is 17.7 Å². The number of nitrogens with zero attached hydrogens (tertiary/aromatic N) is 5. The molecule has 0 radical (unpaired) electrons. The normalized spacial score (nSPS) is 19.2. The van der Waals surface area contributed by atoms with Crippen LogP contribution in [-0.2, 0) is 22.2 Å². The monoisotopic (exact) mass is 627 g/mol. The maximum atomic E-state index is 13.2. The molecular weight excluding hydrogens is 595 g/mol. The molecule has 1 aromatic carbocycles. The van der Waals surface area contributed by atoms with Gasteiger partial charge < -0.3 is 16.4 Å². The molecule has 232 valence electrons. The molecule has 5 rings (SSSR count). The van der Waals surface area contributed by atoms with E-state index in [1.807, 2.05) is 39.0 Å². The lowest BCUT2D eigenvalue weighted by atomic mass is 9.90. The van der Waals surface area contributed by atoms with Gasteiger partial charge in [0.2, 0.25) is 5.91 Å². The summed E-state index contributed by atoms with van der Waals surface area (Å²) in [7, 11) is 0. The molecule has 9 nitrogen and oxygen atoms in total. The van der Waals surface area contributed by atoms with E-state index in [-0.39, 0.29) is 35.5 Å². The zero-order chi connectivity index (χ0) is 31.9. The fourth-order valence-electron chi connectivity index (χ4n) is 5.87. The molecule has 1 saturated heterocycles. The van der Waals surface area contributed by atoms with Crippen LogP contribution in [0.4, 0.5) is 18.9 Å². The van der Waals surface area contributed by atoms with Gasteiger partial charge in [0.1, 0.15) is 17.4 Å². The zero-order valence-corrected chi connectivity index (χ0v) is 25.3. The second kappa shape index (κ2) is 12.1. The number of alkyl halides is 3. The molecule has 4 N–H and O–H groups in total. The van der Waals surface area contributed by atoms with E-state index in [0.717, 1.165) is 35.7 Å². The van der Waals surface area contributed by atoms with Crippen LogP contribution in [0.2, 0.25) is 5.02 Å². The van der Waals surface area contributed by atoms with Crippen molar-refractivity contribution in [3.05, 3.63) is 69.5 Å². The summed E-state index contributed by atoms with van der Waals surface area (Å²) in [5.41, 5.74) is 14.9. The molecular formula is C31H33ClF3N7O2. The van der Waals surface area contributed by atoms with Crippen LogP contribution in [0.15, 0.2) is 35.3 Å². The van der Waals surface area contributed by atoms with E-state index in [2.05, 4.69) is 24.8 Å². The molecule has 0 bridgehead atoms. The Balaban J connectivity index is 1.33. The molecule has 2 aromatic heterocycles. The number of aryl methyl sites for hydroxylation is 2. The van der Waals surface area contributed by atoms with E-state index in [1.54, 1.807) is 0 Å². The number of pyridine rings is 1. The third kappa shape index (κ3) is 6.69. The first-order valence-electron chi connectivity index (χ1n) is 14.4. The predicted octanol–water partition coefficient (Wildman–Crippen LogP) is 5.27. The van der Waals surface area contributed by atoms with Crippen LogP contribution < -0.4 is 16.4 Å². The molecule has 44 heavy (non-hydrogen) atoms. The van der Waals surface area contributed by atoms with Crippen molar-refractivity contribution in [3.63, 3.8) is 0 Å². The Morgan fingerprint density at radius 3 is 2.32 bits per heavy atom. The third-order valence-electron chi connectivity index (χ3n) is 8.10. The lowest BCUT2D eigenvalue weighted by Crippen LogP contribution is -2.43. The van der Waals surface area contributed by atoms with Gasteiger partial charge in [-0.15, -0.1) is 0 Å². The second-order valence-electron chi connectivity index (χ2n) is 11.5. The number of benzene rings is 1. The minimum Gasteiger partial charge on any atom is -0.383 e. The van der Waals surface area contributed by atoms with Crippen LogP contribution in [0.3, 0.4) is 0 Å². The van der Waals surface area contributed by atoms with Crippen LogP contribution in [0.5, 0.6) is 0 Å². The van der Waals surface area contributed by atoms with Crippen LogP contribution in [0, 0.1) is 19.8 Å². The number of hydrogen-bond donors (Lipinski definition) is 2. The van der Waals surface area contributed by atoms with Gasteiger partial charge in [-0.05, 0) is 76.3 Å². The number of halogens is 4. The lowest BCUT2D eigenvalue weighted by Gasteiger charge is -2.39. The molecule has 1 aliphatic carbocycles. The Morgan fingerprint density at radius 1 is 1.05 bits per heavy atom. The minimum absolute atomic E-state index is 0.0440. The van der Waals surface area contributed by atoms with Gasteiger partial charge in [0.15, 0.2) is 0 Å². The molecule has 1 saturated carbocycles. The summed E-state index contributed by atoms with van der Waals surface area (Å²) in [6.07, 6.45) is -2.20. The fraction of sp³-hybridized carbons (Fsp3) is 0.419. The summed E-state index contributed by atoms with van der Waals surface area (Å²) < 4.78 is 39.7. The number of rotatable bonds is 7. The Kier molecular flexibility index (Phi) is 8.66. The number of anilines is 1. The molecule has 2 aliphatic rings. The average molecular weight is 628 g/mol. The largest absolute Gasteiger partial charge is 0.433 e. The topological polar surface area (TPSA) is 140 Å². The molecule has 2 unspecified atom stereocenters. The van der Waals surface area contributed by atoms with Crippen molar-refractivity contribution in [3.8, 4) is 11.1 Å². The van der Waals surface area contributed by atoms with E-state index < -0.39 is 29.6 Å². The molecule has 13 heteroatoms. The molecule has 0 spiro atoms. The fourth-order valence-corrected chi connectivity index (χ4v) is 6.09. The van der Waals surface area contributed by atoms with E-state index in [4.69, 9.17) is 23.1 Å². The van der Waals surface area contributed by atoms with Crippen LogP contribution >= 0.6 is 11.6 Å². The number of aromatic nitrogens is 3. The number of hydrogen-bond acceptors (Lipinski definition) is 6. The van der Waals surface area contributed by atoms with Gasteiger partial charge in [0, 0.05) is 46.9 Å². The number of piperidine rings is 1. The minimum atomic E-state index is -4.57. The molecule has 1 aliphatic heterocycles. The maximum Gasteiger partial charge on any atom is 0.433 e. The highest BCUT2D eigenvalue weighted by Gasteiger charge is 2.37. The highest BCUT2D eigenvalue weighted by molar-refractivity contribution is 6.33. The van der Waals surface area contributed by atoms with E-state index in [1.165, 1.54) is 6.07 Å². The van der Waals surface area contributed by atoms with Crippen LogP contribution in [-0.4, -0.2) is 45.2 Å².